The molecule has 6 nitrogen and oxygen atoms in total. The Morgan fingerprint density at radius 2 is 1.68 bits per heavy atom. The molecule has 0 atom stereocenters. The van der Waals surface area contributed by atoms with Crippen molar-refractivity contribution in [2.45, 2.75) is 13.5 Å². The van der Waals surface area contributed by atoms with Gasteiger partial charge in [-0.1, -0.05) is 54.1 Å². The van der Waals surface area contributed by atoms with E-state index in [9.17, 15) is 14.4 Å². The highest BCUT2D eigenvalue weighted by molar-refractivity contribution is 8.18. The molecule has 8 heteroatoms. The minimum atomic E-state index is -0.551. The Balaban J connectivity index is 1.34. The zero-order valence-corrected chi connectivity index (χ0v) is 21.9. The van der Waals surface area contributed by atoms with Crippen LogP contribution in [0.15, 0.2) is 89.8 Å². The summed E-state index contributed by atoms with van der Waals surface area (Å²) in [6.07, 6.45) is 1.64. The summed E-state index contributed by atoms with van der Waals surface area (Å²) in [6.45, 7) is 2.35. The molecule has 1 aliphatic rings. The van der Waals surface area contributed by atoms with Gasteiger partial charge >= 0.3 is 5.97 Å². The van der Waals surface area contributed by atoms with Crippen molar-refractivity contribution in [2.75, 3.05) is 6.61 Å². The number of nitrogens with zero attached hydrogens (tertiary/aromatic N) is 1. The first-order valence-corrected chi connectivity index (χ1v) is 13.1. The lowest BCUT2D eigenvalue weighted by Gasteiger charge is -2.13. The summed E-state index contributed by atoms with van der Waals surface area (Å²) < 4.78 is 11.2. The maximum atomic E-state index is 13.1. The number of amides is 2. The summed E-state index contributed by atoms with van der Waals surface area (Å²) >= 11 is 6.79. The first-order chi connectivity index (χ1) is 18.4. The Labute approximate surface area is 228 Å². The van der Waals surface area contributed by atoms with Crippen molar-refractivity contribution in [3.63, 3.8) is 0 Å². The zero-order chi connectivity index (χ0) is 26.6. The molecule has 0 aliphatic carbocycles. The number of carbonyl (C=O) groups is 3. The molecule has 190 valence electrons. The molecule has 1 aliphatic heterocycles. The second kappa shape index (κ2) is 11.1. The van der Waals surface area contributed by atoms with Gasteiger partial charge in [0.2, 0.25) is 0 Å². The van der Waals surface area contributed by atoms with E-state index in [0.29, 0.717) is 33.4 Å². The third kappa shape index (κ3) is 5.59. The average Bonchev–Trinajstić information content (AvgIpc) is 3.17. The standard InChI is InChI=1S/C30H22ClNO5S/c1-2-36-26-16-19(8-14-25(26)37-29(34)22-10-12-24(31)13-11-22)17-27-28(33)32(30(35)38-27)18-20-7-9-21-5-3-4-6-23(21)15-20/h3-17H,2,18H2,1H3/b27-17-. The normalized spacial score (nSPS) is 14.4. The fourth-order valence-electron chi connectivity index (χ4n) is 4.02. The summed E-state index contributed by atoms with van der Waals surface area (Å²) in [4.78, 5) is 39.9. The van der Waals surface area contributed by atoms with Gasteiger partial charge in [-0.05, 0) is 89.1 Å². The largest absolute Gasteiger partial charge is 0.490 e. The second-order valence-electron chi connectivity index (χ2n) is 8.48. The molecule has 0 bridgehead atoms. The highest BCUT2D eigenvalue weighted by Crippen LogP contribution is 2.36. The van der Waals surface area contributed by atoms with Crippen molar-refractivity contribution in [1.82, 2.24) is 4.90 Å². The topological polar surface area (TPSA) is 72.9 Å². The third-order valence-electron chi connectivity index (χ3n) is 5.88. The first kappa shape index (κ1) is 25.6. The lowest BCUT2D eigenvalue weighted by Crippen LogP contribution is -2.27. The van der Waals surface area contributed by atoms with Gasteiger partial charge < -0.3 is 9.47 Å². The van der Waals surface area contributed by atoms with Gasteiger partial charge in [-0.3, -0.25) is 14.5 Å². The summed E-state index contributed by atoms with van der Waals surface area (Å²) in [7, 11) is 0. The third-order valence-corrected chi connectivity index (χ3v) is 7.04. The van der Waals surface area contributed by atoms with Crippen LogP contribution < -0.4 is 9.47 Å². The summed E-state index contributed by atoms with van der Waals surface area (Å²) in [6, 6.07) is 25.2. The van der Waals surface area contributed by atoms with Crippen LogP contribution in [0.5, 0.6) is 11.5 Å². The van der Waals surface area contributed by atoms with Crippen LogP contribution in [0.4, 0.5) is 4.79 Å². The van der Waals surface area contributed by atoms with E-state index in [1.807, 2.05) is 49.4 Å². The number of benzene rings is 4. The molecular formula is C30H22ClNO5S. The second-order valence-corrected chi connectivity index (χ2v) is 9.91. The average molecular weight is 544 g/mol. The van der Waals surface area contributed by atoms with E-state index in [4.69, 9.17) is 21.1 Å². The highest BCUT2D eigenvalue weighted by Gasteiger charge is 2.35. The molecule has 0 radical (unpaired) electrons. The molecule has 1 heterocycles. The molecule has 0 aromatic heterocycles. The predicted octanol–water partition coefficient (Wildman–Crippen LogP) is 7.35. The number of halogens is 1. The van der Waals surface area contributed by atoms with Gasteiger partial charge in [-0.15, -0.1) is 0 Å². The minimum Gasteiger partial charge on any atom is -0.490 e. The van der Waals surface area contributed by atoms with Gasteiger partial charge in [0.1, 0.15) is 0 Å². The molecule has 0 spiro atoms. The predicted molar refractivity (Wildman–Crippen MR) is 149 cm³/mol. The number of hydrogen-bond acceptors (Lipinski definition) is 6. The maximum absolute atomic E-state index is 13.1. The van der Waals surface area contributed by atoms with Crippen LogP contribution >= 0.6 is 23.4 Å². The number of thioether (sulfide) groups is 1. The van der Waals surface area contributed by atoms with Crippen LogP contribution in [0.25, 0.3) is 16.8 Å². The molecule has 0 saturated carbocycles. The van der Waals surface area contributed by atoms with E-state index >= 15 is 0 Å². The number of carbonyl (C=O) groups excluding carboxylic acids is 3. The Bertz CT molecular complexity index is 1580. The van der Waals surface area contributed by atoms with Gasteiger partial charge in [0, 0.05) is 5.02 Å². The number of hydrogen-bond donors (Lipinski definition) is 0. The van der Waals surface area contributed by atoms with Crippen LogP contribution in [0.2, 0.25) is 5.02 Å². The number of fused-ring (bicyclic) bond motifs is 1. The van der Waals surface area contributed by atoms with Crippen LogP contribution in [-0.2, 0) is 11.3 Å². The smallest absolute Gasteiger partial charge is 0.343 e. The van der Waals surface area contributed by atoms with Crippen LogP contribution in [-0.4, -0.2) is 28.6 Å². The maximum Gasteiger partial charge on any atom is 0.343 e. The molecule has 1 fully saturated rings. The number of rotatable bonds is 7. The molecular weight excluding hydrogens is 522 g/mol. The van der Waals surface area contributed by atoms with E-state index in [-0.39, 0.29) is 23.4 Å². The van der Waals surface area contributed by atoms with E-state index in [1.54, 1.807) is 48.5 Å². The number of esters is 1. The van der Waals surface area contributed by atoms with Crippen molar-refractivity contribution < 1.29 is 23.9 Å². The summed E-state index contributed by atoms with van der Waals surface area (Å²) in [5, 5.41) is 2.33. The van der Waals surface area contributed by atoms with Crippen molar-refractivity contribution in [2.24, 2.45) is 0 Å². The quantitative estimate of drug-likeness (QED) is 0.138. The SMILES string of the molecule is CCOc1cc(/C=C2\SC(=O)N(Cc3ccc4ccccc4c3)C2=O)ccc1OC(=O)c1ccc(Cl)cc1. The molecule has 4 aromatic carbocycles. The van der Waals surface area contributed by atoms with Crippen LogP contribution in [0.3, 0.4) is 0 Å². The first-order valence-electron chi connectivity index (χ1n) is 11.9. The molecule has 0 N–H and O–H groups in total. The lowest BCUT2D eigenvalue weighted by molar-refractivity contribution is -0.123. The summed E-state index contributed by atoms with van der Waals surface area (Å²) in [5.74, 6) is -0.318. The van der Waals surface area contributed by atoms with Crippen LogP contribution in [0, 0.1) is 0 Å². The van der Waals surface area contributed by atoms with E-state index in [1.165, 1.54) is 4.90 Å². The lowest BCUT2D eigenvalue weighted by atomic mass is 10.1. The molecule has 4 aromatic rings. The van der Waals surface area contributed by atoms with Gasteiger partial charge in [0.15, 0.2) is 11.5 Å². The molecule has 1 saturated heterocycles. The van der Waals surface area contributed by atoms with Gasteiger partial charge in [0.25, 0.3) is 11.1 Å². The molecule has 2 amide bonds. The van der Waals surface area contributed by atoms with Gasteiger partial charge in [-0.25, -0.2) is 4.79 Å². The Morgan fingerprint density at radius 3 is 2.45 bits per heavy atom. The number of imide groups is 1. The number of ether oxygens (including phenoxy) is 2. The van der Waals surface area contributed by atoms with Gasteiger partial charge in [0.05, 0.1) is 23.6 Å². The van der Waals surface area contributed by atoms with Gasteiger partial charge in [-0.2, -0.15) is 0 Å². The van der Waals surface area contributed by atoms with Crippen LogP contribution in [0.1, 0.15) is 28.4 Å². The van der Waals surface area contributed by atoms with E-state index < -0.39 is 5.97 Å². The molecule has 0 unspecified atom stereocenters. The van der Waals surface area contributed by atoms with Crippen molar-refractivity contribution in [3.8, 4) is 11.5 Å². The van der Waals surface area contributed by atoms with Crippen molar-refractivity contribution in [3.05, 3.63) is 112 Å². The highest BCUT2D eigenvalue weighted by atomic mass is 35.5. The molecule has 5 rings (SSSR count). The Morgan fingerprint density at radius 1 is 0.921 bits per heavy atom. The van der Waals surface area contributed by atoms with E-state index in [2.05, 4.69) is 0 Å². The fourth-order valence-corrected chi connectivity index (χ4v) is 4.98. The summed E-state index contributed by atoms with van der Waals surface area (Å²) in [5.41, 5.74) is 1.86. The van der Waals surface area contributed by atoms with Crippen molar-refractivity contribution >= 4 is 57.3 Å². The monoisotopic (exact) mass is 543 g/mol. The Hall–Kier alpha value is -4.07. The van der Waals surface area contributed by atoms with E-state index in [0.717, 1.165) is 28.1 Å². The minimum absolute atomic E-state index is 0.191. The molecule has 38 heavy (non-hydrogen) atoms. The zero-order valence-electron chi connectivity index (χ0n) is 20.3. The Kier molecular flexibility index (Phi) is 7.49. The fraction of sp³-hybridized carbons (Fsp3) is 0.100. The van der Waals surface area contributed by atoms with Crippen molar-refractivity contribution in [1.29, 1.82) is 0 Å².